The Morgan fingerprint density at radius 3 is 2.52 bits per heavy atom. The quantitative estimate of drug-likeness (QED) is 0.711. The van der Waals surface area contributed by atoms with Crippen LogP contribution in [0.5, 0.6) is 0 Å². The SMILES string of the molecule is Cc1ccc(-c2ccccc2C[C@H]2CN(C(=O)C[C@H]3CC(C)(C)OC3=O)CCNC2=O)cc1. The number of nitrogens with one attached hydrogen (secondary N) is 1. The molecule has 0 aliphatic carbocycles. The Kier molecular flexibility index (Phi) is 6.54. The van der Waals surface area contributed by atoms with Crippen molar-refractivity contribution in [3.8, 4) is 11.1 Å². The number of aryl methyl sites for hydroxylation is 1. The largest absolute Gasteiger partial charge is 0.459 e. The third kappa shape index (κ3) is 5.44. The van der Waals surface area contributed by atoms with Crippen LogP contribution < -0.4 is 5.32 Å². The molecule has 33 heavy (non-hydrogen) atoms. The molecule has 2 aliphatic rings. The second-order valence-corrected chi connectivity index (χ2v) is 9.84. The van der Waals surface area contributed by atoms with Crippen molar-refractivity contribution in [2.45, 2.75) is 45.6 Å². The molecule has 2 saturated heterocycles. The Hall–Kier alpha value is -3.15. The third-order valence-electron chi connectivity index (χ3n) is 6.56. The first kappa shape index (κ1) is 23.0. The molecule has 6 heteroatoms. The van der Waals surface area contributed by atoms with Crippen molar-refractivity contribution >= 4 is 17.8 Å². The lowest BCUT2D eigenvalue weighted by molar-refractivity contribution is -0.150. The molecule has 6 nitrogen and oxygen atoms in total. The maximum atomic E-state index is 13.1. The van der Waals surface area contributed by atoms with Crippen LogP contribution in [0.25, 0.3) is 11.1 Å². The number of cyclic esters (lactones) is 1. The van der Waals surface area contributed by atoms with Crippen molar-refractivity contribution in [3.05, 3.63) is 59.7 Å². The number of rotatable bonds is 5. The van der Waals surface area contributed by atoms with E-state index in [1.165, 1.54) is 5.56 Å². The van der Waals surface area contributed by atoms with Gasteiger partial charge in [0, 0.05) is 32.5 Å². The molecule has 0 saturated carbocycles. The van der Waals surface area contributed by atoms with Crippen molar-refractivity contribution in [1.29, 1.82) is 0 Å². The number of esters is 1. The predicted molar refractivity (Wildman–Crippen MR) is 126 cm³/mol. The summed E-state index contributed by atoms with van der Waals surface area (Å²) in [6.45, 7) is 7.01. The van der Waals surface area contributed by atoms with Gasteiger partial charge in [-0.15, -0.1) is 0 Å². The molecule has 2 fully saturated rings. The van der Waals surface area contributed by atoms with Crippen molar-refractivity contribution in [1.82, 2.24) is 10.2 Å². The molecule has 0 bridgehead atoms. The first-order chi connectivity index (χ1) is 15.7. The summed E-state index contributed by atoms with van der Waals surface area (Å²) in [5.41, 5.74) is 3.96. The fourth-order valence-corrected chi connectivity index (χ4v) is 4.83. The molecule has 0 spiro atoms. The number of hydrogen-bond acceptors (Lipinski definition) is 4. The summed E-state index contributed by atoms with van der Waals surface area (Å²) in [6, 6.07) is 16.5. The maximum absolute atomic E-state index is 13.1. The van der Waals surface area contributed by atoms with E-state index >= 15 is 0 Å². The van der Waals surface area contributed by atoms with E-state index in [4.69, 9.17) is 4.74 Å². The Bertz CT molecular complexity index is 1040. The van der Waals surface area contributed by atoms with E-state index in [-0.39, 0.29) is 30.1 Å². The van der Waals surface area contributed by atoms with Gasteiger partial charge in [-0.3, -0.25) is 14.4 Å². The molecular weight excluding hydrogens is 416 g/mol. The zero-order chi connectivity index (χ0) is 23.6. The van der Waals surface area contributed by atoms with Crippen molar-refractivity contribution in [3.63, 3.8) is 0 Å². The Morgan fingerprint density at radius 2 is 1.82 bits per heavy atom. The average Bonchev–Trinajstić information content (AvgIpc) is 2.91. The molecule has 0 aromatic heterocycles. The van der Waals surface area contributed by atoms with E-state index in [0.717, 1.165) is 16.7 Å². The molecule has 2 aliphatic heterocycles. The molecule has 2 atom stereocenters. The molecule has 0 radical (unpaired) electrons. The van der Waals surface area contributed by atoms with Gasteiger partial charge in [-0.1, -0.05) is 54.1 Å². The van der Waals surface area contributed by atoms with Crippen LogP contribution in [0.2, 0.25) is 0 Å². The molecule has 2 aromatic carbocycles. The molecule has 2 amide bonds. The van der Waals surface area contributed by atoms with E-state index in [1.54, 1.807) is 4.90 Å². The van der Waals surface area contributed by atoms with Gasteiger partial charge < -0.3 is 15.0 Å². The number of ether oxygens (including phenoxy) is 1. The number of carbonyl (C=O) groups excluding carboxylic acids is 3. The lowest BCUT2D eigenvalue weighted by Crippen LogP contribution is -2.38. The minimum atomic E-state index is -0.527. The fourth-order valence-electron chi connectivity index (χ4n) is 4.83. The molecule has 2 aromatic rings. The first-order valence-corrected chi connectivity index (χ1v) is 11.6. The molecule has 174 valence electrons. The van der Waals surface area contributed by atoms with Crippen LogP contribution in [0.1, 0.15) is 37.8 Å². The minimum Gasteiger partial charge on any atom is -0.459 e. The molecule has 2 heterocycles. The van der Waals surface area contributed by atoms with Gasteiger partial charge in [-0.2, -0.15) is 0 Å². The fraction of sp³-hybridized carbons (Fsp3) is 0.444. The van der Waals surface area contributed by atoms with Crippen LogP contribution in [0.15, 0.2) is 48.5 Å². The number of carbonyl (C=O) groups is 3. The summed E-state index contributed by atoms with van der Waals surface area (Å²) in [4.78, 5) is 39.8. The molecular formula is C27H32N2O4. The van der Waals surface area contributed by atoms with Crippen molar-refractivity contribution in [2.75, 3.05) is 19.6 Å². The van der Waals surface area contributed by atoms with Gasteiger partial charge in [-0.05, 0) is 43.9 Å². The highest BCUT2D eigenvalue weighted by atomic mass is 16.6. The van der Waals surface area contributed by atoms with Gasteiger partial charge in [0.15, 0.2) is 0 Å². The highest BCUT2D eigenvalue weighted by Gasteiger charge is 2.41. The zero-order valence-electron chi connectivity index (χ0n) is 19.6. The number of amides is 2. The standard InChI is InChI=1S/C27H32N2O4/c1-18-8-10-19(11-9-18)23-7-5-4-6-20(23)14-22-17-29(13-12-28-25(22)31)24(30)15-21-16-27(2,3)33-26(21)32/h4-11,21-22H,12-17H2,1-3H3,(H,28,31)/t21-,22-/m0/s1. The topological polar surface area (TPSA) is 75.7 Å². The lowest BCUT2D eigenvalue weighted by Gasteiger charge is -2.24. The predicted octanol–water partition coefficient (Wildman–Crippen LogP) is 3.51. The van der Waals surface area contributed by atoms with Crippen LogP contribution in [0, 0.1) is 18.8 Å². The molecule has 4 rings (SSSR count). The van der Waals surface area contributed by atoms with Gasteiger partial charge in [-0.25, -0.2) is 0 Å². The third-order valence-corrected chi connectivity index (χ3v) is 6.56. The molecule has 1 N–H and O–H groups in total. The second-order valence-electron chi connectivity index (χ2n) is 9.84. The van der Waals surface area contributed by atoms with Crippen LogP contribution in [-0.2, 0) is 25.5 Å². The monoisotopic (exact) mass is 448 g/mol. The van der Waals surface area contributed by atoms with Gasteiger partial charge >= 0.3 is 5.97 Å². The summed E-state index contributed by atoms with van der Waals surface area (Å²) < 4.78 is 5.38. The maximum Gasteiger partial charge on any atom is 0.310 e. The first-order valence-electron chi connectivity index (χ1n) is 11.6. The van der Waals surface area contributed by atoms with Crippen LogP contribution in [0.3, 0.4) is 0 Å². The summed E-state index contributed by atoms with van der Waals surface area (Å²) in [5, 5.41) is 2.96. The summed E-state index contributed by atoms with van der Waals surface area (Å²) >= 11 is 0. The van der Waals surface area contributed by atoms with E-state index in [9.17, 15) is 14.4 Å². The Morgan fingerprint density at radius 1 is 1.09 bits per heavy atom. The zero-order valence-corrected chi connectivity index (χ0v) is 19.6. The smallest absolute Gasteiger partial charge is 0.310 e. The van der Waals surface area contributed by atoms with Crippen LogP contribution in [-0.4, -0.2) is 47.9 Å². The average molecular weight is 449 g/mol. The Labute approximate surface area is 195 Å². The molecule has 0 unspecified atom stereocenters. The number of benzene rings is 2. The van der Waals surface area contributed by atoms with E-state index in [2.05, 4.69) is 48.6 Å². The van der Waals surface area contributed by atoms with Gasteiger partial charge in [0.05, 0.1) is 11.8 Å². The van der Waals surface area contributed by atoms with E-state index < -0.39 is 11.5 Å². The highest BCUT2D eigenvalue weighted by molar-refractivity contribution is 5.86. The van der Waals surface area contributed by atoms with E-state index in [0.29, 0.717) is 32.5 Å². The normalized spacial score (nSPS) is 22.5. The highest BCUT2D eigenvalue weighted by Crippen LogP contribution is 2.33. The lowest BCUT2D eigenvalue weighted by atomic mass is 9.91. The summed E-state index contributed by atoms with van der Waals surface area (Å²) in [6.07, 6.45) is 1.21. The Balaban J connectivity index is 1.49. The number of hydrogen-bond donors (Lipinski definition) is 1. The van der Waals surface area contributed by atoms with Crippen LogP contribution >= 0.6 is 0 Å². The summed E-state index contributed by atoms with van der Waals surface area (Å²) in [7, 11) is 0. The van der Waals surface area contributed by atoms with Gasteiger partial charge in [0.2, 0.25) is 11.8 Å². The van der Waals surface area contributed by atoms with Crippen molar-refractivity contribution < 1.29 is 19.1 Å². The van der Waals surface area contributed by atoms with Gasteiger partial charge in [0.1, 0.15) is 5.60 Å². The van der Waals surface area contributed by atoms with E-state index in [1.807, 2.05) is 26.0 Å². The number of nitrogens with zero attached hydrogens (tertiary/aromatic N) is 1. The second kappa shape index (κ2) is 9.38. The summed E-state index contributed by atoms with van der Waals surface area (Å²) in [5.74, 6) is -1.20. The van der Waals surface area contributed by atoms with Gasteiger partial charge in [0.25, 0.3) is 0 Å². The van der Waals surface area contributed by atoms with Crippen molar-refractivity contribution in [2.24, 2.45) is 11.8 Å². The minimum absolute atomic E-state index is 0.0366. The van der Waals surface area contributed by atoms with Crippen LogP contribution in [0.4, 0.5) is 0 Å².